The fraction of sp³-hybridized carbons (Fsp3) is 0.439. The molecule has 14 nitrogen and oxygen atoms in total. The summed E-state index contributed by atoms with van der Waals surface area (Å²) in [6, 6.07) is 14.3. The summed E-state index contributed by atoms with van der Waals surface area (Å²) in [5, 5.41) is 17.6. The summed E-state index contributed by atoms with van der Waals surface area (Å²) in [6.07, 6.45) is -3.17. The van der Waals surface area contributed by atoms with Crippen molar-refractivity contribution in [2.75, 3.05) is 59.8 Å². The van der Waals surface area contributed by atoms with Crippen molar-refractivity contribution in [3.05, 3.63) is 71.5 Å². The molecule has 3 fully saturated rings. The molecule has 312 valence electrons. The molecule has 6 rings (SSSR count). The molecule has 2 atom stereocenters. The molecule has 2 aromatic carbocycles. The Morgan fingerprint density at radius 1 is 1.10 bits per heavy atom. The third-order valence-electron chi connectivity index (χ3n) is 10.7. The molecular formula is C41H46F3N9O5S. The van der Waals surface area contributed by atoms with E-state index in [0.717, 1.165) is 35.8 Å². The van der Waals surface area contributed by atoms with Crippen molar-refractivity contribution in [3.8, 4) is 11.8 Å². The standard InChI is InChI=1S/C41H46F3N9O5S/c1-24(2)30-18-28(53-39(59)52(38(57)40(53,4)5)29-19-31(41(42,43)44)33(20-45)46-21-29)9-11-34(30)58-16-15-50-13-14-51(25(3)22-50)23-36(55)48-27-8-6-7-26(17-27)47-32-10-12-35(54)49-37(32)56/h6-9,11,17-19,21,24-25,32,47H,10,12-16,22-23H2,1-5H3,(H,48,55)(H,49,54,56)/t25-,32?/m1/s1. The van der Waals surface area contributed by atoms with E-state index in [1.54, 1.807) is 55.1 Å². The molecule has 0 aliphatic carbocycles. The lowest BCUT2D eigenvalue weighted by Crippen LogP contribution is -2.54. The molecule has 0 saturated carbocycles. The Hall–Kier alpha value is -5.64. The predicted octanol–water partition coefficient (Wildman–Crippen LogP) is 5.25. The third kappa shape index (κ3) is 9.48. The fourth-order valence-electron chi connectivity index (χ4n) is 7.49. The average Bonchev–Trinajstić information content (AvgIpc) is 3.35. The molecular weight excluding hydrogens is 788 g/mol. The van der Waals surface area contributed by atoms with Gasteiger partial charge in [0, 0.05) is 55.7 Å². The Labute approximate surface area is 345 Å². The SMILES string of the molecule is CC(C)c1cc(N2C(=S)N(c3cnc(C#N)c(C(F)(F)F)c3)C(=O)C2(C)C)ccc1OCCN1CCN(CC(=O)Nc2cccc(NC3CCC(=O)NC3=O)c2)[C@H](C)C1. The number of rotatable bonds is 12. The molecule has 3 aromatic rings. The largest absolute Gasteiger partial charge is 0.492 e. The molecule has 0 bridgehead atoms. The van der Waals surface area contributed by atoms with Gasteiger partial charge in [-0.2, -0.15) is 18.4 Å². The van der Waals surface area contributed by atoms with Crippen molar-refractivity contribution in [3.63, 3.8) is 0 Å². The number of nitrogens with one attached hydrogen (secondary N) is 3. The van der Waals surface area contributed by atoms with E-state index in [2.05, 4.69) is 37.7 Å². The smallest absolute Gasteiger partial charge is 0.419 e. The highest BCUT2D eigenvalue weighted by Gasteiger charge is 2.51. The number of piperidine rings is 1. The number of nitriles is 1. The normalized spacial score (nSPS) is 20.1. The minimum Gasteiger partial charge on any atom is -0.492 e. The Morgan fingerprint density at radius 3 is 2.53 bits per heavy atom. The second-order valence-electron chi connectivity index (χ2n) is 15.6. The van der Waals surface area contributed by atoms with Gasteiger partial charge in [0.05, 0.1) is 24.0 Å². The van der Waals surface area contributed by atoms with Crippen LogP contribution in [0.3, 0.4) is 0 Å². The number of carbonyl (C=O) groups is 4. The number of hydrogen-bond donors (Lipinski definition) is 3. The van der Waals surface area contributed by atoms with E-state index in [9.17, 15) is 37.6 Å². The van der Waals surface area contributed by atoms with Gasteiger partial charge in [-0.15, -0.1) is 0 Å². The van der Waals surface area contributed by atoms with Gasteiger partial charge in [-0.1, -0.05) is 19.9 Å². The number of aromatic nitrogens is 1. The molecule has 4 amide bonds. The number of nitrogens with zero attached hydrogens (tertiary/aromatic N) is 6. The van der Waals surface area contributed by atoms with Gasteiger partial charge < -0.3 is 20.3 Å². The van der Waals surface area contributed by atoms with Gasteiger partial charge in [-0.05, 0) is 93.4 Å². The minimum absolute atomic E-state index is 0.00639. The molecule has 3 aliphatic rings. The summed E-state index contributed by atoms with van der Waals surface area (Å²) >= 11 is 5.71. The van der Waals surface area contributed by atoms with E-state index in [0.29, 0.717) is 48.9 Å². The van der Waals surface area contributed by atoms with Crippen LogP contribution in [-0.2, 0) is 25.4 Å². The number of halogens is 3. The second-order valence-corrected chi connectivity index (χ2v) is 16.0. The zero-order valence-electron chi connectivity index (χ0n) is 33.4. The molecule has 4 heterocycles. The Kier molecular flexibility index (Phi) is 12.6. The molecule has 0 radical (unpaired) electrons. The monoisotopic (exact) mass is 833 g/mol. The number of thiocarbonyl (C=S) groups is 1. The first kappa shape index (κ1) is 43.0. The number of pyridine rings is 1. The summed E-state index contributed by atoms with van der Waals surface area (Å²) < 4.78 is 47.6. The van der Waals surface area contributed by atoms with Crippen LogP contribution in [0.4, 0.5) is 35.9 Å². The van der Waals surface area contributed by atoms with E-state index < -0.39 is 34.9 Å². The van der Waals surface area contributed by atoms with E-state index in [-0.39, 0.29) is 53.4 Å². The highest BCUT2D eigenvalue weighted by molar-refractivity contribution is 7.81. The van der Waals surface area contributed by atoms with Crippen LogP contribution in [0.2, 0.25) is 0 Å². The zero-order chi connectivity index (χ0) is 42.8. The molecule has 1 aromatic heterocycles. The third-order valence-corrected chi connectivity index (χ3v) is 11.0. The van der Waals surface area contributed by atoms with Crippen molar-refractivity contribution in [2.45, 2.75) is 77.2 Å². The predicted molar refractivity (Wildman–Crippen MR) is 219 cm³/mol. The summed E-state index contributed by atoms with van der Waals surface area (Å²) in [6.45, 7) is 12.7. The van der Waals surface area contributed by atoms with E-state index in [1.807, 2.05) is 19.9 Å². The van der Waals surface area contributed by atoms with Crippen molar-refractivity contribution < 1.29 is 37.1 Å². The molecule has 3 N–H and O–H groups in total. The number of alkyl halides is 3. The van der Waals surface area contributed by atoms with Crippen LogP contribution in [0.1, 0.15) is 70.2 Å². The number of piperazine rings is 1. The Morgan fingerprint density at radius 2 is 1.85 bits per heavy atom. The lowest BCUT2D eigenvalue weighted by molar-refractivity contribution is -0.138. The van der Waals surface area contributed by atoms with Gasteiger partial charge in [0.25, 0.3) is 5.91 Å². The number of carbonyl (C=O) groups excluding carboxylic acids is 4. The van der Waals surface area contributed by atoms with Crippen molar-refractivity contribution >= 4 is 63.7 Å². The molecule has 1 unspecified atom stereocenters. The lowest BCUT2D eigenvalue weighted by atomic mass is 9.98. The number of anilines is 4. The average molecular weight is 834 g/mol. The van der Waals surface area contributed by atoms with Gasteiger partial charge in [0.2, 0.25) is 17.7 Å². The second kappa shape index (κ2) is 17.3. The van der Waals surface area contributed by atoms with Crippen molar-refractivity contribution in [1.29, 1.82) is 5.26 Å². The van der Waals surface area contributed by atoms with Crippen LogP contribution < -0.4 is 30.5 Å². The van der Waals surface area contributed by atoms with E-state index in [4.69, 9.17) is 17.0 Å². The molecule has 3 aliphatic heterocycles. The summed E-state index contributed by atoms with van der Waals surface area (Å²) in [4.78, 5) is 61.1. The Bertz CT molecular complexity index is 2190. The fourth-order valence-corrected chi connectivity index (χ4v) is 8.01. The molecule has 18 heteroatoms. The first-order chi connectivity index (χ1) is 27.9. The number of amides is 4. The van der Waals surface area contributed by atoms with E-state index in [1.165, 1.54) is 6.07 Å². The molecule has 3 saturated heterocycles. The van der Waals surface area contributed by atoms with Crippen LogP contribution in [0.5, 0.6) is 5.75 Å². The molecule has 0 spiro atoms. The Balaban J connectivity index is 1.03. The van der Waals surface area contributed by atoms with Gasteiger partial charge in [-0.25, -0.2) is 4.98 Å². The highest BCUT2D eigenvalue weighted by Crippen LogP contribution is 2.41. The van der Waals surface area contributed by atoms with Crippen LogP contribution in [0.25, 0.3) is 0 Å². The topological polar surface area (TPSA) is 163 Å². The first-order valence-electron chi connectivity index (χ1n) is 19.3. The maximum Gasteiger partial charge on any atom is 0.419 e. The number of imide groups is 1. The van der Waals surface area contributed by atoms with Crippen molar-refractivity contribution in [2.24, 2.45) is 0 Å². The highest BCUT2D eigenvalue weighted by atomic mass is 32.1. The number of ether oxygens (including phenoxy) is 1. The number of hydrogen-bond acceptors (Lipinski definition) is 11. The van der Waals surface area contributed by atoms with Crippen LogP contribution in [0.15, 0.2) is 54.7 Å². The lowest BCUT2D eigenvalue weighted by Gasteiger charge is -2.39. The van der Waals surface area contributed by atoms with Crippen LogP contribution in [-0.4, -0.2) is 100 Å². The maximum absolute atomic E-state index is 13.8. The van der Waals surface area contributed by atoms with Gasteiger partial charge in [0.15, 0.2) is 10.8 Å². The van der Waals surface area contributed by atoms with Crippen LogP contribution >= 0.6 is 12.2 Å². The van der Waals surface area contributed by atoms with Gasteiger partial charge in [-0.3, -0.25) is 39.2 Å². The van der Waals surface area contributed by atoms with Gasteiger partial charge in [0.1, 0.15) is 30.0 Å². The maximum atomic E-state index is 13.8. The molecule has 59 heavy (non-hydrogen) atoms. The van der Waals surface area contributed by atoms with Gasteiger partial charge >= 0.3 is 6.18 Å². The van der Waals surface area contributed by atoms with E-state index >= 15 is 0 Å². The quantitative estimate of drug-likeness (QED) is 0.161. The van der Waals surface area contributed by atoms with Crippen molar-refractivity contribution in [1.82, 2.24) is 20.1 Å². The number of benzene rings is 2. The zero-order valence-corrected chi connectivity index (χ0v) is 34.2. The summed E-state index contributed by atoms with van der Waals surface area (Å²) in [5.41, 5.74) is -0.830. The summed E-state index contributed by atoms with van der Waals surface area (Å²) in [7, 11) is 0. The minimum atomic E-state index is -4.86. The first-order valence-corrected chi connectivity index (χ1v) is 19.7. The summed E-state index contributed by atoms with van der Waals surface area (Å²) in [5.74, 6) is -0.702. The van der Waals surface area contributed by atoms with Crippen LogP contribution in [0, 0.1) is 11.3 Å².